The predicted molar refractivity (Wildman–Crippen MR) is 57.7 cm³/mol. The molecule has 3 nitrogen and oxygen atoms in total. The van der Waals surface area contributed by atoms with Gasteiger partial charge in [0.15, 0.2) is 0 Å². The van der Waals surface area contributed by atoms with E-state index in [9.17, 15) is 9.50 Å². The van der Waals surface area contributed by atoms with E-state index in [0.717, 1.165) is 6.07 Å². The molecule has 0 amide bonds. The predicted octanol–water partition coefficient (Wildman–Crippen LogP) is -1.29. The third-order valence-corrected chi connectivity index (χ3v) is 2.02. The second-order valence-electron chi connectivity index (χ2n) is 3.20. The van der Waals surface area contributed by atoms with E-state index >= 15 is 0 Å². The van der Waals surface area contributed by atoms with Crippen LogP contribution in [0.25, 0.3) is 0 Å². The molecule has 17 heavy (non-hydrogen) atoms. The van der Waals surface area contributed by atoms with E-state index in [4.69, 9.17) is 0 Å². The van der Waals surface area contributed by atoms with E-state index in [1.54, 1.807) is 17.1 Å². The number of benzene rings is 1. The number of rotatable bonds is 2. The average molecular weight is 253 g/mol. The highest BCUT2D eigenvalue weighted by molar-refractivity contribution is 5.82. The van der Waals surface area contributed by atoms with Crippen LogP contribution >= 0.6 is 0 Å². The highest BCUT2D eigenvalue weighted by Crippen LogP contribution is 2.15. The van der Waals surface area contributed by atoms with E-state index in [1.165, 1.54) is 18.3 Å². The third kappa shape index (κ3) is 3.53. The van der Waals surface area contributed by atoms with Gasteiger partial charge in [-0.15, -0.1) is 0 Å². The second kappa shape index (κ2) is 5.96. The summed E-state index contributed by atoms with van der Waals surface area (Å²) in [5.74, 6) is -0.595. The summed E-state index contributed by atoms with van der Waals surface area (Å²) >= 11 is 0. The number of phenols is 1. The molecule has 1 aromatic heterocycles. The van der Waals surface area contributed by atoms with E-state index in [0.29, 0.717) is 5.56 Å². The summed E-state index contributed by atoms with van der Waals surface area (Å²) in [6.45, 7) is 0. The average Bonchev–Trinajstić information content (AvgIpc) is 2.29. The van der Waals surface area contributed by atoms with Crippen LogP contribution in [0.1, 0.15) is 5.56 Å². The fourth-order valence-electron chi connectivity index (χ4n) is 1.22. The first-order valence-corrected chi connectivity index (χ1v) is 4.75. The van der Waals surface area contributed by atoms with Crippen molar-refractivity contribution in [2.45, 2.75) is 0 Å². The topological polar surface area (TPSA) is 36.5 Å². The Hall–Kier alpha value is -1.94. The van der Waals surface area contributed by atoms with Gasteiger partial charge in [-0.1, -0.05) is 10.7 Å². The van der Waals surface area contributed by atoms with Crippen LogP contribution in [-0.4, -0.2) is 11.3 Å². The maximum Gasteiger partial charge on any atom is 0.202 e. The van der Waals surface area contributed by atoms with Crippen LogP contribution in [0.15, 0.2) is 53.9 Å². The summed E-state index contributed by atoms with van der Waals surface area (Å²) in [6.07, 6.45) is 4.99. The van der Waals surface area contributed by atoms with Crippen molar-refractivity contribution >= 4 is 6.21 Å². The van der Waals surface area contributed by atoms with Crippen molar-refractivity contribution in [3.63, 3.8) is 0 Å². The fourth-order valence-corrected chi connectivity index (χ4v) is 1.22. The van der Waals surface area contributed by atoms with Crippen LogP contribution in [0.3, 0.4) is 0 Å². The molecule has 2 rings (SSSR count). The van der Waals surface area contributed by atoms with Crippen molar-refractivity contribution in [2.75, 3.05) is 0 Å². The minimum atomic E-state index is -0.470. The van der Waals surface area contributed by atoms with Crippen LogP contribution in [-0.2, 0) is 0 Å². The summed E-state index contributed by atoms with van der Waals surface area (Å²) in [4.78, 5) is 0. The lowest BCUT2D eigenvalue weighted by molar-refractivity contribution is -0.678. The van der Waals surface area contributed by atoms with Gasteiger partial charge in [-0.3, -0.25) is 0 Å². The molecule has 0 aliphatic carbocycles. The highest BCUT2D eigenvalue weighted by atomic mass is 35.5. The molecule has 0 aliphatic rings. The van der Waals surface area contributed by atoms with Crippen LogP contribution < -0.4 is 17.1 Å². The van der Waals surface area contributed by atoms with Crippen molar-refractivity contribution in [3.8, 4) is 5.75 Å². The molecular weight excluding hydrogens is 243 g/mol. The van der Waals surface area contributed by atoms with Gasteiger partial charge >= 0.3 is 0 Å². The van der Waals surface area contributed by atoms with E-state index < -0.39 is 5.82 Å². The lowest BCUT2D eigenvalue weighted by Gasteiger charge is -1.95. The molecule has 0 saturated carbocycles. The van der Waals surface area contributed by atoms with Gasteiger partial charge in [0.2, 0.25) is 12.4 Å². The molecule has 1 N–H and O–H groups in total. The van der Waals surface area contributed by atoms with Crippen LogP contribution in [0.2, 0.25) is 0 Å². The summed E-state index contributed by atoms with van der Waals surface area (Å²) < 4.78 is 14.3. The lowest BCUT2D eigenvalue weighted by Crippen LogP contribution is -3.00. The number of pyridine rings is 1. The zero-order valence-electron chi connectivity index (χ0n) is 8.79. The first-order chi connectivity index (χ1) is 7.75. The first kappa shape index (κ1) is 13.1. The molecule has 0 aliphatic heterocycles. The van der Waals surface area contributed by atoms with Crippen molar-refractivity contribution in [1.29, 1.82) is 0 Å². The number of halogens is 2. The van der Waals surface area contributed by atoms with Crippen molar-refractivity contribution in [2.24, 2.45) is 5.10 Å². The van der Waals surface area contributed by atoms with Gasteiger partial charge in [0.05, 0.1) is 0 Å². The van der Waals surface area contributed by atoms with Gasteiger partial charge in [-0.05, 0) is 17.2 Å². The zero-order chi connectivity index (χ0) is 11.4. The standard InChI is InChI=1S/C12H9FN2O.ClH/c13-11-5-4-10(12(16)8-11)9-14-15-6-2-1-3-7-15;/h1-9H;1H. The van der Waals surface area contributed by atoms with Crippen molar-refractivity contribution in [3.05, 3.63) is 60.2 Å². The normalized spacial score (nSPS) is 10.2. The SMILES string of the molecule is Oc1cc(F)ccc1/C=N/[n+]1ccccc1.[Cl-]. The van der Waals surface area contributed by atoms with Gasteiger partial charge in [0.25, 0.3) is 0 Å². The smallest absolute Gasteiger partial charge is 0.202 e. The van der Waals surface area contributed by atoms with Crippen LogP contribution in [0.5, 0.6) is 5.75 Å². The van der Waals surface area contributed by atoms with Gasteiger partial charge in [0.1, 0.15) is 17.8 Å². The molecular formula is C12H10ClFN2O. The molecule has 0 spiro atoms. The van der Waals surface area contributed by atoms with Crippen molar-refractivity contribution < 1.29 is 26.6 Å². The Morgan fingerprint density at radius 1 is 1.18 bits per heavy atom. The lowest BCUT2D eigenvalue weighted by atomic mass is 10.2. The zero-order valence-corrected chi connectivity index (χ0v) is 9.55. The Morgan fingerprint density at radius 2 is 1.88 bits per heavy atom. The minimum absolute atomic E-state index is 0. The van der Waals surface area contributed by atoms with Crippen LogP contribution in [0, 0.1) is 5.82 Å². The Balaban J connectivity index is 0.00000144. The van der Waals surface area contributed by atoms with Gasteiger partial charge in [0, 0.05) is 23.8 Å². The Labute approximate surface area is 104 Å². The number of hydrogen-bond donors (Lipinski definition) is 1. The number of aromatic nitrogens is 1. The van der Waals surface area contributed by atoms with Gasteiger partial charge in [-0.2, -0.15) is 0 Å². The maximum absolute atomic E-state index is 12.7. The summed E-state index contributed by atoms with van der Waals surface area (Å²) in [6, 6.07) is 9.34. The Kier molecular flexibility index (Phi) is 4.60. The Morgan fingerprint density at radius 3 is 2.53 bits per heavy atom. The van der Waals surface area contributed by atoms with Gasteiger partial charge < -0.3 is 17.5 Å². The summed E-state index contributed by atoms with van der Waals surface area (Å²) in [7, 11) is 0. The molecule has 1 heterocycles. The molecule has 0 unspecified atom stereocenters. The van der Waals surface area contributed by atoms with Crippen molar-refractivity contribution in [1.82, 2.24) is 0 Å². The highest BCUT2D eigenvalue weighted by Gasteiger charge is 2.01. The molecule has 0 radical (unpaired) electrons. The maximum atomic E-state index is 12.7. The molecule has 0 atom stereocenters. The monoisotopic (exact) mass is 252 g/mol. The second-order valence-corrected chi connectivity index (χ2v) is 3.20. The molecule has 0 saturated heterocycles. The molecule has 88 valence electrons. The minimum Gasteiger partial charge on any atom is -1.00 e. The number of aromatic hydroxyl groups is 1. The van der Waals surface area contributed by atoms with E-state index in [1.807, 2.05) is 18.2 Å². The molecule has 0 bridgehead atoms. The Bertz CT molecular complexity index is 517. The number of nitrogens with zero attached hydrogens (tertiary/aromatic N) is 2. The number of hydrogen-bond acceptors (Lipinski definition) is 2. The third-order valence-electron chi connectivity index (χ3n) is 2.02. The quantitative estimate of drug-likeness (QED) is 0.524. The summed E-state index contributed by atoms with van der Waals surface area (Å²) in [5, 5.41) is 13.5. The summed E-state index contributed by atoms with van der Waals surface area (Å²) in [5.41, 5.74) is 0.470. The van der Waals surface area contributed by atoms with E-state index in [2.05, 4.69) is 5.10 Å². The number of phenolic OH excluding ortho intramolecular Hbond substituents is 1. The molecule has 0 fully saturated rings. The molecule has 1 aromatic carbocycles. The largest absolute Gasteiger partial charge is 1.00 e. The van der Waals surface area contributed by atoms with E-state index in [-0.39, 0.29) is 18.2 Å². The molecule has 2 aromatic rings. The molecule has 5 heteroatoms. The van der Waals surface area contributed by atoms with Crippen LogP contribution in [0.4, 0.5) is 4.39 Å². The fraction of sp³-hybridized carbons (Fsp3) is 0. The van der Waals surface area contributed by atoms with Gasteiger partial charge in [-0.25, -0.2) is 4.39 Å². The first-order valence-electron chi connectivity index (χ1n) is 4.75.